The average Bonchev–Trinajstić information content (AvgIpc) is 3.37. The smallest absolute Gasteiger partial charge is 0.444 e. The van der Waals surface area contributed by atoms with Crippen molar-refractivity contribution in [3.8, 4) is 11.5 Å². The van der Waals surface area contributed by atoms with Gasteiger partial charge < -0.3 is 39.0 Å². The van der Waals surface area contributed by atoms with E-state index >= 15 is 0 Å². The quantitative estimate of drug-likeness (QED) is 0.260. The fourth-order valence-electron chi connectivity index (χ4n) is 3.74. The summed E-state index contributed by atoms with van der Waals surface area (Å²) in [5.41, 5.74) is 6.51. The van der Waals surface area contributed by atoms with Gasteiger partial charge >= 0.3 is 23.5 Å². The van der Waals surface area contributed by atoms with Gasteiger partial charge in [0, 0.05) is 17.2 Å². The molecule has 212 valence electrons. The predicted octanol–water partition coefficient (Wildman–Crippen LogP) is 2.91. The number of aryl methyl sites for hydroxylation is 1. The molecular formula is C18H28N5O12P3. The summed E-state index contributed by atoms with van der Waals surface area (Å²) in [7, 11) is -16.4. The average molecular weight is 599 g/mol. The van der Waals surface area contributed by atoms with E-state index in [0.717, 1.165) is 0 Å². The fourth-order valence-corrected chi connectivity index (χ4v) is 6.79. The first kappa shape index (κ1) is 30.5. The maximum absolute atomic E-state index is 12.1. The number of ether oxygens (including phenoxy) is 1. The van der Waals surface area contributed by atoms with Crippen molar-refractivity contribution in [3.05, 3.63) is 36.4 Å². The third-order valence-corrected chi connectivity index (χ3v) is 9.17. The van der Waals surface area contributed by atoms with E-state index in [4.69, 9.17) is 29.2 Å². The second kappa shape index (κ2) is 11.2. The highest BCUT2D eigenvalue weighted by Crippen LogP contribution is 2.66. The lowest BCUT2D eigenvalue weighted by molar-refractivity contribution is -0.0477. The largest absolute Gasteiger partial charge is 0.490 e. The minimum absolute atomic E-state index is 0.188. The molecule has 38 heavy (non-hydrogen) atoms. The number of nitrogens with two attached hydrogens (primary N) is 1. The van der Waals surface area contributed by atoms with Crippen LogP contribution in [0.4, 0.5) is 5.82 Å². The molecule has 0 aromatic carbocycles. The molecule has 2 aromatic heterocycles. The Labute approximate surface area is 216 Å². The van der Waals surface area contributed by atoms with Crippen molar-refractivity contribution in [2.45, 2.75) is 46.4 Å². The van der Waals surface area contributed by atoms with Gasteiger partial charge in [0.15, 0.2) is 0 Å². The molecule has 3 heterocycles. The van der Waals surface area contributed by atoms with Crippen molar-refractivity contribution < 1.29 is 55.6 Å². The van der Waals surface area contributed by atoms with Crippen LogP contribution in [-0.4, -0.2) is 51.8 Å². The molecule has 17 nitrogen and oxygen atoms in total. The molecule has 0 bridgehead atoms. The molecule has 0 saturated carbocycles. The van der Waals surface area contributed by atoms with E-state index in [1.165, 1.54) is 18.8 Å². The van der Waals surface area contributed by atoms with Crippen LogP contribution in [0.1, 0.15) is 37.9 Å². The highest BCUT2D eigenvalue weighted by atomic mass is 31.3. The van der Waals surface area contributed by atoms with E-state index in [2.05, 4.69) is 23.6 Å². The summed E-state index contributed by atoms with van der Waals surface area (Å²) in [5, 5.41) is 0. The molecule has 0 amide bonds. The van der Waals surface area contributed by atoms with Crippen LogP contribution in [0.3, 0.4) is 0 Å². The molecule has 20 heteroatoms. The predicted molar refractivity (Wildman–Crippen MR) is 129 cm³/mol. The number of phosphoric acid groups is 3. The second-order valence-corrected chi connectivity index (χ2v) is 13.3. The molecule has 1 aliphatic heterocycles. The van der Waals surface area contributed by atoms with Crippen LogP contribution in [0.5, 0.6) is 0 Å². The SMILES string of the molecule is Cc1c(-c2ncco2)cn(C2OC(COP(=O)(O)OP(=O)(O)OP(=O)(O)O)CC2(C)C)c(C)ncnc1N. The highest BCUT2D eigenvalue weighted by molar-refractivity contribution is 7.66. The molecule has 2 aromatic rings. The number of oxazole rings is 1. The van der Waals surface area contributed by atoms with E-state index < -0.39 is 47.8 Å². The van der Waals surface area contributed by atoms with Crippen molar-refractivity contribution in [2.24, 2.45) is 5.41 Å². The van der Waals surface area contributed by atoms with Gasteiger partial charge in [-0.25, -0.2) is 28.6 Å². The van der Waals surface area contributed by atoms with E-state index in [-0.39, 0.29) is 18.1 Å². The monoisotopic (exact) mass is 599 g/mol. The van der Waals surface area contributed by atoms with Crippen LogP contribution >= 0.6 is 23.5 Å². The molecule has 0 aliphatic carbocycles. The normalized spacial score (nSPS) is 22.4. The molecule has 1 fully saturated rings. The lowest BCUT2D eigenvalue weighted by atomic mass is 9.87. The van der Waals surface area contributed by atoms with Crippen LogP contribution in [0, 0.1) is 19.3 Å². The highest BCUT2D eigenvalue weighted by Gasteiger charge is 2.45. The first-order chi connectivity index (χ1) is 17.4. The number of rotatable bonds is 9. The lowest BCUT2D eigenvalue weighted by Crippen LogP contribution is -2.24. The number of phosphoric ester groups is 1. The summed E-state index contributed by atoms with van der Waals surface area (Å²) in [6.45, 7) is 6.58. The van der Waals surface area contributed by atoms with Gasteiger partial charge in [-0.15, -0.1) is 0 Å². The maximum atomic E-state index is 12.1. The van der Waals surface area contributed by atoms with Crippen LogP contribution in [0.25, 0.3) is 11.5 Å². The zero-order valence-electron chi connectivity index (χ0n) is 20.6. The number of nitrogens with zero attached hydrogens (tertiary/aromatic N) is 4. The van der Waals surface area contributed by atoms with Crippen molar-refractivity contribution in [2.75, 3.05) is 12.3 Å². The van der Waals surface area contributed by atoms with Crippen molar-refractivity contribution in [3.63, 3.8) is 0 Å². The van der Waals surface area contributed by atoms with Gasteiger partial charge in [-0.05, 0) is 20.3 Å². The van der Waals surface area contributed by atoms with E-state index in [9.17, 15) is 23.5 Å². The molecule has 0 radical (unpaired) electrons. The van der Waals surface area contributed by atoms with Crippen molar-refractivity contribution in [1.82, 2.24) is 19.5 Å². The zero-order valence-corrected chi connectivity index (χ0v) is 23.3. The Bertz CT molecular complexity index is 1360. The first-order valence-corrected chi connectivity index (χ1v) is 15.3. The van der Waals surface area contributed by atoms with Crippen molar-refractivity contribution in [1.29, 1.82) is 0 Å². The van der Waals surface area contributed by atoms with E-state index in [1.807, 2.05) is 13.8 Å². The van der Waals surface area contributed by atoms with Crippen LogP contribution in [-0.2, 0) is 31.6 Å². The molecular weight excluding hydrogens is 571 g/mol. The molecule has 4 atom stereocenters. The van der Waals surface area contributed by atoms with E-state index in [0.29, 0.717) is 17.0 Å². The van der Waals surface area contributed by atoms with Crippen LogP contribution < -0.4 is 5.73 Å². The molecule has 4 unspecified atom stereocenters. The van der Waals surface area contributed by atoms with Crippen molar-refractivity contribution >= 4 is 29.3 Å². The van der Waals surface area contributed by atoms with Gasteiger partial charge in [0.1, 0.15) is 30.5 Å². The number of hydrogen-bond acceptors (Lipinski definition) is 12. The summed E-state index contributed by atoms with van der Waals surface area (Å²) in [4.78, 5) is 49.0. The Morgan fingerprint density at radius 1 is 1.11 bits per heavy atom. The van der Waals surface area contributed by atoms with Crippen LogP contribution in [0.15, 0.2) is 29.4 Å². The van der Waals surface area contributed by atoms with Gasteiger partial charge in [-0.3, -0.25) is 4.52 Å². The first-order valence-electron chi connectivity index (χ1n) is 10.8. The van der Waals surface area contributed by atoms with Gasteiger partial charge in [0.25, 0.3) is 0 Å². The second-order valence-electron chi connectivity index (χ2n) is 8.91. The minimum Gasteiger partial charge on any atom is -0.444 e. The van der Waals surface area contributed by atoms with Gasteiger partial charge in [-0.2, -0.15) is 8.62 Å². The Kier molecular flexibility index (Phi) is 9.03. The third kappa shape index (κ3) is 8.01. The van der Waals surface area contributed by atoms with Gasteiger partial charge in [0.2, 0.25) is 5.89 Å². The van der Waals surface area contributed by atoms with Crippen LogP contribution in [0.2, 0.25) is 0 Å². The topological polar surface area (TPSA) is 252 Å². The minimum atomic E-state index is -5.64. The molecule has 1 aliphatic rings. The Morgan fingerprint density at radius 2 is 1.79 bits per heavy atom. The standard InChI is InChI=1S/C18H28N5O12P3/c1-11-14(16-20-5-6-31-16)8-23(12(2)21-10-22-15(11)19)17-18(3,4)7-13(33-17)9-32-37(27,28)35-38(29,30)34-36(24,25)26/h5-6,8,10,13,17H,7,9,19H2,1-4H3,(H,27,28)(H,29,30)(H2,24,25,26). The molecule has 6 N–H and O–H groups in total. The Morgan fingerprint density at radius 3 is 2.39 bits per heavy atom. The summed E-state index contributed by atoms with van der Waals surface area (Å²) < 4.78 is 60.0. The Hall–Kier alpha value is -2.00. The maximum Gasteiger partial charge on any atom is 0.490 e. The number of anilines is 1. The summed E-state index contributed by atoms with van der Waals surface area (Å²) in [5.74, 6) is 0.903. The molecule has 0 spiro atoms. The molecule has 1 saturated heterocycles. The summed E-state index contributed by atoms with van der Waals surface area (Å²) in [6.07, 6.45) is 4.57. The van der Waals surface area contributed by atoms with E-state index in [1.54, 1.807) is 24.6 Å². The fraction of sp³-hybridized carbons (Fsp3) is 0.500. The number of hydrogen-bond donors (Lipinski definition) is 5. The summed E-state index contributed by atoms with van der Waals surface area (Å²) >= 11 is 0. The zero-order chi connectivity index (χ0) is 28.5. The number of nitrogen functional groups attached to an aromatic ring is 1. The molecule has 3 rings (SSSR count). The third-order valence-electron chi connectivity index (χ3n) is 5.37. The van der Waals surface area contributed by atoms with Gasteiger partial charge in [-0.1, -0.05) is 13.8 Å². The Balaban J connectivity index is 1.89. The summed E-state index contributed by atoms with van der Waals surface area (Å²) in [6, 6.07) is 0. The van der Waals surface area contributed by atoms with Gasteiger partial charge in [0.05, 0.1) is 24.5 Å². The number of aromatic nitrogens is 4. The lowest BCUT2D eigenvalue weighted by Gasteiger charge is -2.28.